The summed E-state index contributed by atoms with van der Waals surface area (Å²) in [4.78, 5) is 24.6. The topological polar surface area (TPSA) is 87.1 Å². The number of likely N-dealkylation sites (tertiary alicyclic amines) is 1. The molecular formula is C16H20FNO5. The lowest BCUT2D eigenvalue weighted by Crippen LogP contribution is -2.43. The third kappa shape index (κ3) is 3.79. The first kappa shape index (κ1) is 17.2. The van der Waals surface area contributed by atoms with Crippen molar-refractivity contribution in [3.8, 4) is 0 Å². The van der Waals surface area contributed by atoms with Crippen LogP contribution >= 0.6 is 0 Å². The van der Waals surface area contributed by atoms with Crippen molar-refractivity contribution < 1.29 is 28.9 Å². The number of carbonyl (C=O) groups excluding carboxylic acids is 1. The van der Waals surface area contributed by atoms with Gasteiger partial charge in [0.15, 0.2) is 0 Å². The second-order valence-corrected chi connectivity index (χ2v) is 6.70. The van der Waals surface area contributed by atoms with Crippen molar-refractivity contribution in [2.75, 3.05) is 6.54 Å². The molecule has 0 aliphatic carbocycles. The molecule has 2 unspecified atom stereocenters. The summed E-state index contributed by atoms with van der Waals surface area (Å²) in [5.74, 6) is -1.69. The number of carboxylic acids is 1. The molecule has 0 aromatic heterocycles. The molecule has 0 spiro atoms. The van der Waals surface area contributed by atoms with Crippen LogP contribution in [0.2, 0.25) is 0 Å². The van der Waals surface area contributed by atoms with E-state index < -0.39 is 35.1 Å². The molecular weight excluding hydrogens is 305 g/mol. The number of carboxylic acid groups (broad SMARTS) is 1. The van der Waals surface area contributed by atoms with Crippen molar-refractivity contribution in [1.29, 1.82) is 0 Å². The van der Waals surface area contributed by atoms with Crippen LogP contribution < -0.4 is 0 Å². The van der Waals surface area contributed by atoms with Gasteiger partial charge in [-0.05, 0) is 38.5 Å². The van der Waals surface area contributed by atoms with Crippen LogP contribution in [0.3, 0.4) is 0 Å². The minimum Gasteiger partial charge on any atom is -0.480 e. The summed E-state index contributed by atoms with van der Waals surface area (Å²) in [6.45, 7) is 4.78. The van der Waals surface area contributed by atoms with Crippen LogP contribution in [0.1, 0.15) is 32.8 Å². The predicted molar refractivity (Wildman–Crippen MR) is 79.3 cm³/mol. The number of aliphatic hydroxyl groups is 1. The Bertz CT molecular complexity index is 610. The number of hydrogen-bond donors (Lipinski definition) is 2. The molecule has 1 heterocycles. The standard InChI is InChI=1S/C16H20FNO5/c1-15(2,3)23-14(21)18-9-16(22,8-12(18)13(19)20)10-4-6-11(17)7-5-10/h4-7,12,22H,8-9H2,1-3H3,(H,19,20). The Labute approximate surface area is 133 Å². The average Bonchev–Trinajstić information content (AvgIpc) is 2.77. The summed E-state index contributed by atoms with van der Waals surface area (Å²) >= 11 is 0. The molecule has 2 atom stereocenters. The third-order valence-corrected chi connectivity index (χ3v) is 3.63. The quantitative estimate of drug-likeness (QED) is 0.869. The van der Waals surface area contributed by atoms with E-state index in [2.05, 4.69) is 0 Å². The van der Waals surface area contributed by atoms with Gasteiger partial charge < -0.3 is 14.9 Å². The van der Waals surface area contributed by atoms with E-state index >= 15 is 0 Å². The van der Waals surface area contributed by atoms with E-state index in [-0.39, 0.29) is 13.0 Å². The molecule has 1 fully saturated rings. The molecule has 1 amide bonds. The lowest BCUT2D eigenvalue weighted by molar-refractivity contribution is -0.142. The molecule has 126 valence electrons. The molecule has 6 nitrogen and oxygen atoms in total. The molecule has 1 aromatic carbocycles. The Balaban J connectivity index is 2.28. The van der Waals surface area contributed by atoms with Crippen molar-refractivity contribution in [3.63, 3.8) is 0 Å². The van der Waals surface area contributed by atoms with E-state index in [1.807, 2.05) is 0 Å². The maximum Gasteiger partial charge on any atom is 0.411 e. The number of aliphatic carboxylic acids is 1. The molecule has 0 bridgehead atoms. The maximum absolute atomic E-state index is 13.0. The molecule has 7 heteroatoms. The normalized spacial score (nSPS) is 24.6. The molecule has 2 rings (SSSR count). The van der Waals surface area contributed by atoms with Crippen LogP contribution in [0.4, 0.5) is 9.18 Å². The summed E-state index contributed by atoms with van der Waals surface area (Å²) in [6, 6.07) is 3.91. The van der Waals surface area contributed by atoms with Gasteiger partial charge in [-0.2, -0.15) is 0 Å². The highest BCUT2D eigenvalue weighted by Gasteiger charge is 2.50. The Hall–Kier alpha value is -2.15. The molecule has 0 saturated carbocycles. The lowest BCUT2D eigenvalue weighted by atomic mass is 9.91. The minimum atomic E-state index is -1.56. The van der Waals surface area contributed by atoms with Crippen LogP contribution in [0.25, 0.3) is 0 Å². The number of nitrogens with zero attached hydrogens (tertiary/aromatic N) is 1. The molecule has 23 heavy (non-hydrogen) atoms. The fourth-order valence-electron chi connectivity index (χ4n) is 2.59. The highest BCUT2D eigenvalue weighted by atomic mass is 19.1. The summed E-state index contributed by atoms with van der Waals surface area (Å²) < 4.78 is 18.2. The van der Waals surface area contributed by atoms with Crippen molar-refractivity contribution in [1.82, 2.24) is 4.90 Å². The van der Waals surface area contributed by atoms with Crippen molar-refractivity contribution >= 4 is 12.1 Å². The van der Waals surface area contributed by atoms with Gasteiger partial charge >= 0.3 is 12.1 Å². The van der Waals surface area contributed by atoms with Gasteiger partial charge in [-0.15, -0.1) is 0 Å². The average molecular weight is 325 g/mol. The first-order chi connectivity index (χ1) is 10.5. The van der Waals surface area contributed by atoms with Crippen LogP contribution in [0.5, 0.6) is 0 Å². The predicted octanol–water partition coefficient (Wildman–Crippen LogP) is 2.11. The Morgan fingerprint density at radius 2 is 1.87 bits per heavy atom. The summed E-state index contributed by atoms with van der Waals surface area (Å²) in [6.07, 6.45) is -0.990. The van der Waals surface area contributed by atoms with E-state index in [4.69, 9.17) is 4.74 Å². The number of benzene rings is 1. The fourth-order valence-corrected chi connectivity index (χ4v) is 2.59. The summed E-state index contributed by atoms with van der Waals surface area (Å²) in [7, 11) is 0. The number of ether oxygens (including phenoxy) is 1. The Morgan fingerprint density at radius 1 is 1.30 bits per heavy atom. The third-order valence-electron chi connectivity index (χ3n) is 3.63. The van der Waals surface area contributed by atoms with E-state index in [0.717, 1.165) is 4.90 Å². The molecule has 1 aliphatic heterocycles. The van der Waals surface area contributed by atoms with Crippen LogP contribution in [-0.4, -0.2) is 45.4 Å². The van der Waals surface area contributed by atoms with Gasteiger partial charge in [0.05, 0.1) is 6.54 Å². The van der Waals surface area contributed by atoms with Gasteiger partial charge in [0.1, 0.15) is 23.1 Å². The number of halogens is 1. The largest absolute Gasteiger partial charge is 0.480 e. The van der Waals surface area contributed by atoms with Gasteiger partial charge in [0.2, 0.25) is 0 Å². The minimum absolute atomic E-state index is 0.187. The Kier molecular flexibility index (Phi) is 4.34. The fraction of sp³-hybridized carbons (Fsp3) is 0.500. The monoisotopic (exact) mass is 325 g/mol. The molecule has 1 aliphatic rings. The zero-order valence-electron chi connectivity index (χ0n) is 13.2. The van der Waals surface area contributed by atoms with Gasteiger partial charge in [-0.25, -0.2) is 14.0 Å². The first-order valence-electron chi connectivity index (χ1n) is 7.23. The highest BCUT2D eigenvalue weighted by Crippen LogP contribution is 2.36. The van der Waals surface area contributed by atoms with E-state index in [1.54, 1.807) is 20.8 Å². The van der Waals surface area contributed by atoms with Crippen molar-refractivity contribution in [2.24, 2.45) is 0 Å². The van der Waals surface area contributed by atoms with Gasteiger partial charge in [-0.3, -0.25) is 4.90 Å². The van der Waals surface area contributed by atoms with Crippen molar-refractivity contribution in [2.45, 2.75) is 44.4 Å². The SMILES string of the molecule is CC(C)(C)OC(=O)N1CC(O)(c2ccc(F)cc2)CC1C(=O)O. The lowest BCUT2D eigenvalue weighted by Gasteiger charge is -2.27. The zero-order valence-corrected chi connectivity index (χ0v) is 13.2. The number of hydrogen-bond acceptors (Lipinski definition) is 4. The smallest absolute Gasteiger partial charge is 0.411 e. The summed E-state index contributed by atoms with van der Waals surface area (Å²) in [5, 5.41) is 20.1. The first-order valence-corrected chi connectivity index (χ1v) is 7.23. The van der Waals surface area contributed by atoms with Gasteiger partial charge in [0, 0.05) is 6.42 Å². The number of rotatable bonds is 2. The second-order valence-electron chi connectivity index (χ2n) is 6.70. The van der Waals surface area contributed by atoms with Gasteiger partial charge in [-0.1, -0.05) is 12.1 Å². The number of β-amino-alcohol motifs (C(OH)–C–C–N with tert-alkyl or cyclic N) is 1. The van der Waals surface area contributed by atoms with Crippen LogP contribution in [0, 0.1) is 5.82 Å². The van der Waals surface area contributed by atoms with Gasteiger partial charge in [0.25, 0.3) is 0 Å². The Morgan fingerprint density at radius 3 is 2.35 bits per heavy atom. The maximum atomic E-state index is 13.0. The van der Waals surface area contributed by atoms with Crippen molar-refractivity contribution in [3.05, 3.63) is 35.6 Å². The highest BCUT2D eigenvalue weighted by molar-refractivity contribution is 5.81. The number of carbonyl (C=O) groups is 2. The molecule has 0 radical (unpaired) electrons. The second kappa shape index (κ2) is 5.81. The van der Waals surface area contributed by atoms with E-state index in [0.29, 0.717) is 5.56 Å². The van der Waals surface area contributed by atoms with E-state index in [1.165, 1.54) is 24.3 Å². The molecule has 1 saturated heterocycles. The van der Waals surface area contributed by atoms with Crippen LogP contribution in [0.15, 0.2) is 24.3 Å². The zero-order chi connectivity index (χ0) is 17.4. The summed E-state index contributed by atoms with van der Waals surface area (Å²) in [5.41, 5.74) is -1.99. The molecule has 1 aromatic rings. The van der Waals surface area contributed by atoms with Crippen LogP contribution in [-0.2, 0) is 15.1 Å². The van der Waals surface area contributed by atoms with E-state index in [9.17, 15) is 24.2 Å². The molecule has 2 N–H and O–H groups in total. The number of amides is 1.